The van der Waals surface area contributed by atoms with Gasteiger partial charge in [-0.2, -0.15) is 0 Å². The summed E-state index contributed by atoms with van der Waals surface area (Å²) in [7, 11) is 0. The predicted octanol–water partition coefficient (Wildman–Crippen LogP) is 3.75. The van der Waals surface area contributed by atoms with E-state index in [1.54, 1.807) is 29.3 Å². The highest BCUT2D eigenvalue weighted by Gasteiger charge is 2.11. The molecule has 0 spiro atoms. The van der Waals surface area contributed by atoms with E-state index in [0.717, 1.165) is 27.3 Å². The predicted molar refractivity (Wildman–Crippen MR) is 100 cm³/mol. The van der Waals surface area contributed by atoms with Crippen LogP contribution in [0.25, 0.3) is 21.6 Å². The van der Waals surface area contributed by atoms with E-state index in [1.165, 1.54) is 36.6 Å². The van der Waals surface area contributed by atoms with Crippen molar-refractivity contribution >= 4 is 39.8 Å². The monoisotopic (exact) mass is 347 g/mol. The van der Waals surface area contributed by atoms with Crippen molar-refractivity contribution in [3.63, 3.8) is 0 Å². The van der Waals surface area contributed by atoms with E-state index in [2.05, 4.69) is 20.3 Å². The third-order valence-electron chi connectivity index (χ3n) is 3.75. The zero-order valence-corrected chi connectivity index (χ0v) is 14.8. The molecular formula is C16H21N5S2. The van der Waals surface area contributed by atoms with Gasteiger partial charge in [0.2, 0.25) is 0 Å². The Bertz CT molecular complexity index is 749. The standard InChI is InChI=1S/C11H10N4S2.C5H11N/c1-16-8-5-15-11(17-8)7-4-14-10-6(9(7)12)2-3-13-10;1-2-4-6-5-3-1/h2-5H,1H3,(H3,12,13,14);6H,1-5H2. The smallest absolute Gasteiger partial charge is 0.139 e. The molecule has 0 saturated carbocycles. The van der Waals surface area contributed by atoms with E-state index in [1.807, 2.05) is 24.7 Å². The number of nitrogens with two attached hydrogens (primary N) is 1. The summed E-state index contributed by atoms with van der Waals surface area (Å²) in [5.41, 5.74) is 8.60. The molecule has 1 fully saturated rings. The fourth-order valence-corrected chi connectivity index (χ4v) is 3.88. The summed E-state index contributed by atoms with van der Waals surface area (Å²) < 4.78 is 1.17. The number of nitrogens with zero attached hydrogens (tertiary/aromatic N) is 2. The van der Waals surface area contributed by atoms with Crippen molar-refractivity contribution < 1.29 is 0 Å². The molecule has 0 amide bonds. The van der Waals surface area contributed by atoms with Crippen LogP contribution >= 0.6 is 23.1 Å². The molecule has 4 rings (SSSR count). The highest BCUT2D eigenvalue weighted by atomic mass is 32.2. The SMILES string of the molecule is C1CCNCC1.CSc1cnc(-c2cnc3[nH]ccc3c2N)s1. The van der Waals surface area contributed by atoms with Crippen LogP contribution < -0.4 is 11.1 Å². The van der Waals surface area contributed by atoms with Gasteiger partial charge in [-0.3, -0.25) is 0 Å². The molecular weight excluding hydrogens is 326 g/mol. The molecule has 4 N–H and O–H groups in total. The van der Waals surface area contributed by atoms with Crippen LogP contribution in [0.3, 0.4) is 0 Å². The molecule has 1 aliphatic rings. The van der Waals surface area contributed by atoms with Gasteiger partial charge in [0.05, 0.1) is 21.7 Å². The number of fused-ring (bicyclic) bond motifs is 1. The van der Waals surface area contributed by atoms with Gasteiger partial charge in [0.15, 0.2) is 0 Å². The fourth-order valence-electron chi connectivity index (χ4n) is 2.48. The average Bonchev–Trinajstić information content (AvgIpc) is 3.27. The summed E-state index contributed by atoms with van der Waals surface area (Å²) in [6.45, 7) is 2.50. The number of aromatic amines is 1. The Hall–Kier alpha value is -1.57. The number of hydrogen-bond donors (Lipinski definition) is 3. The van der Waals surface area contributed by atoms with E-state index in [4.69, 9.17) is 5.73 Å². The van der Waals surface area contributed by atoms with Crippen LogP contribution in [0.1, 0.15) is 19.3 Å². The van der Waals surface area contributed by atoms with E-state index in [9.17, 15) is 0 Å². The molecule has 0 radical (unpaired) electrons. The molecule has 122 valence electrons. The van der Waals surface area contributed by atoms with Crippen molar-refractivity contribution in [2.24, 2.45) is 0 Å². The maximum Gasteiger partial charge on any atom is 0.139 e. The van der Waals surface area contributed by atoms with Crippen molar-refractivity contribution in [2.45, 2.75) is 23.5 Å². The van der Waals surface area contributed by atoms with E-state index >= 15 is 0 Å². The first-order valence-corrected chi connectivity index (χ1v) is 9.76. The third kappa shape index (κ3) is 3.85. The number of aromatic nitrogens is 3. The first kappa shape index (κ1) is 16.3. The lowest BCUT2D eigenvalue weighted by Crippen LogP contribution is -2.21. The Morgan fingerprint density at radius 2 is 2.00 bits per heavy atom. The molecule has 0 bridgehead atoms. The molecule has 0 atom stereocenters. The van der Waals surface area contributed by atoms with Crippen molar-refractivity contribution in [3.05, 3.63) is 24.7 Å². The number of rotatable bonds is 2. The number of piperidine rings is 1. The quantitative estimate of drug-likeness (QED) is 0.615. The molecule has 3 aromatic heterocycles. The number of nitrogens with one attached hydrogen (secondary N) is 2. The number of anilines is 1. The Morgan fingerprint density at radius 3 is 2.61 bits per heavy atom. The van der Waals surface area contributed by atoms with Gasteiger partial charge in [0, 0.05) is 17.8 Å². The second-order valence-corrected chi connectivity index (χ2v) is 7.46. The van der Waals surface area contributed by atoms with Crippen molar-refractivity contribution in [1.82, 2.24) is 20.3 Å². The summed E-state index contributed by atoms with van der Waals surface area (Å²) in [6, 6.07) is 1.93. The molecule has 7 heteroatoms. The van der Waals surface area contributed by atoms with Crippen LogP contribution in [0.4, 0.5) is 5.69 Å². The first-order valence-electron chi connectivity index (χ1n) is 7.72. The second-order valence-electron chi connectivity index (χ2n) is 5.32. The van der Waals surface area contributed by atoms with Gasteiger partial charge >= 0.3 is 0 Å². The average molecular weight is 348 g/mol. The highest BCUT2D eigenvalue weighted by molar-refractivity contribution is 8.00. The van der Waals surface area contributed by atoms with Crippen molar-refractivity contribution in [2.75, 3.05) is 25.1 Å². The van der Waals surface area contributed by atoms with Gasteiger partial charge in [-0.05, 0) is 38.3 Å². The topological polar surface area (TPSA) is 79.6 Å². The summed E-state index contributed by atoms with van der Waals surface area (Å²) in [4.78, 5) is 11.8. The normalized spacial score (nSPS) is 14.5. The van der Waals surface area contributed by atoms with Gasteiger partial charge < -0.3 is 16.0 Å². The zero-order chi connectivity index (χ0) is 16.1. The lowest BCUT2D eigenvalue weighted by Gasteiger charge is -2.08. The number of thioether (sulfide) groups is 1. The number of hydrogen-bond acceptors (Lipinski definition) is 6. The van der Waals surface area contributed by atoms with Crippen LogP contribution in [-0.2, 0) is 0 Å². The Morgan fingerprint density at radius 1 is 1.17 bits per heavy atom. The summed E-state index contributed by atoms with van der Waals surface area (Å²) in [5.74, 6) is 0. The van der Waals surface area contributed by atoms with Crippen LogP contribution in [0.2, 0.25) is 0 Å². The minimum Gasteiger partial charge on any atom is -0.398 e. The van der Waals surface area contributed by atoms with Gasteiger partial charge in [0.1, 0.15) is 10.7 Å². The Labute approximate surface area is 144 Å². The van der Waals surface area contributed by atoms with E-state index in [-0.39, 0.29) is 0 Å². The number of thiazole rings is 1. The largest absolute Gasteiger partial charge is 0.398 e. The van der Waals surface area contributed by atoms with E-state index < -0.39 is 0 Å². The molecule has 0 aliphatic carbocycles. The number of pyridine rings is 1. The molecule has 4 heterocycles. The number of nitrogen functional groups attached to an aromatic ring is 1. The minimum atomic E-state index is 0.734. The van der Waals surface area contributed by atoms with Gasteiger partial charge in [0.25, 0.3) is 0 Å². The maximum absolute atomic E-state index is 6.15. The van der Waals surface area contributed by atoms with Gasteiger partial charge in [-0.15, -0.1) is 23.1 Å². The van der Waals surface area contributed by atoms with Crippen molar-refractivity contribution in [1.29, 1.82) is 0 Å². The molecule has 1 saturated heterocycles. The Kier molecular flexibility index (Phi) is 5.53. The van der Waals surface area contributed by atoms with Crippen molar-refractivity contribution in [3.8, 4) is 10.6 Å². The zero-order valence-electron chi connectivity index (χ0n) is 13.1. The highest BCUT2D eigenvalue weighted by Crippen LogP contribution is 2.35. The lowest BCUT2D eigenvalue weighted by molar-refractivity contribution is 0.520. The molecule has 5 nitrogen and oxygen atoms in total. The number of H-pyrrole nitrogens is 1. The van der Waals surface area contributed by atoms with Crippen LogP contribution in [0.15, 0.2) is 28.9 Å². The minimum absolute atomic E-state index is 0.734. The lowest BCUT2D eigenvalue weighted by atomic mass is 10.2. The molecule has 0 unspecified atom stereocenters. The molecule has 1 aliphatic heterocycles. The molecule has 0 aromatic carbocycles. The fraction of sp³-hybridized carbons (Fsp3) is 0.375. The van der Waals surface area contributed by atoms with Crippen LogP contribution in [-0.4, -0.2) is 34.3 Å². The van der Waals surface area contributed by atoms with Gasteiger partial charge in [-0.25, -0.2) is 9.97 Å². The molecule has 3 aromatic rings. The summed E-state index contributed by atoms with van der Waals surface area (Å²) in [6.07, 6.45) is 11.7. The van der Waals surface area contributed by atoms with Gasteiger partial charge in [-0.1, -0.05) is 6.42 Å². The Balaban J connectivity index is 0.000000220. The summed E-state index contributed by atoms with van der Waals surface area (Å²) in [5, 5.41) is 5.15. The maximum atomic E-state index is 6.15. The van der Waals surface area contributed by atoms with E-state index in [0.29, 0.717) is 0 Å². The van der Waals surface area contributed by atoms with Crippen LogP contribution in [0.5, 0.6) is 0 Å². The third-order valence-corrected chi connectivity index (χ3v) is 5.83. The first-order chi connectivity index (χ1) is 11.3. The summed E-state index contributed by atoms with van der Waals surface area (Å²) >= 11 is 3.32. The van der Waals surface area contributed by atoms with Crippen LogP contribution in [0, 0.1) is 0 Å². The second kappa shape index (κ2) is 7.81. The molecule has 23 heavy (non-hydrogen) atoms.